The fourth-order valence-corrected chi connectivity index (χ4v) is 3.56. The van der Waals surface area contributed by atoms with E-state index in [1.807, 2.05) is 42.5 Å². The Morgan fingerprint density at radius 3 is 2.61 bits per heavy atom. The van der Waals surface area contributed by atoms with E-state index in [9.17, 15) is 0 Å². The Morgan fingerprint density at radius 2 is 1.97 bits per heavy atom. The molecule has 0 spiro atoms. The molecule has 1 atom stereocenters. The number of hydrogen-bond donors (Lipinski definition) is 1. The highest BCUT2D eigenvalue weighted by Crippen LogP contribution is 2.38. The standard InChI is InChI=1S/C22H24N4O4S/c1-27-18-11-16(12-19(28-2)20(18)30-14-15-7-4-3-5-8-15)13-23-26-21(24-25-22(26)31)17-9-6-10-29-17/h3-5,7-8,11-13,17H,6,9-10,14H2,1-2H3,(H,25,31)/b23-13-. The molecule has 0 radical (unpaired) electrons. The molecule has 1 fully saturated rings. The zero-order valence-electron chi connectivity index (χ0n) is 17.4. The van der Waals surface area contributed by atoms with Crippen LogP contribution in [0.4, 0.5) is 0 Å². The van der Waals surface area contributed by atoms with Gasteiger partial charge in [-0.15, -0.1) is 0 Å². The molecule has 162 valence electrons. The zero-order valence-corrected chi connectivity index (χ0v) is 18.2. The maximum absolute atomic E-state index is 6.00. The first kappa shape index (κ1) is 21.1. The van der Waals surface area contributed by atoms with E-state index >= 15 is 0 Å². The fourth-order valence-electron chi connectivity index (χ4n) is 3.38. The largest absolute Gasteiger partial charge is 0.493 e. The normalized spacial score (nSPS) is 16.0. The van der Waals surface area contributed by atoms with Gasteiger partial charge in [0.2, 0.25) is 10.5 Å². The lowest BCUT2D eigenvalue weighted by atomic mass is 10.2. The molecule has 4 rings (SSSR count). The lowest BCUT2D eigenvalue weighted by Crippen LogP contribution is -2.05. The van der Waals surface area contributed by atoms with Crippen molar-refractivity contribution in [1.29, 1.82) is 0 Å². The monoisotopic (exact) mass is 440 g/mol. The molecule has 0 bridgehead atoms. The number of ether oxygens (including phenoxy) is 4. The van der Waals surface area contributed by atoms with Crippen LogP contribution in [0.15, 0.2) is 47.6 Å². The topological polar surface area (TPSA) is 82.9 Å². The Kier molecular flexibility index (Phi) is 6.63. The molecule has 31 heavy (non-hydrogen) atoms. The Labute approximate surface area is 185 Å². The number of H-pyrrole nitrogens is 1. The lowest BCUT2D eigenvalue weighted by Gasteiger charge is -2.15. The minimum atomic E-state index is -0.108. The number of hydrogen-bond acceptors (Lipinski definition) is 7. The number of nitrogens with zero attached hydrogens (tertiary/aromatic N) is 3. The third kappa shape index (κ3) is 4.78. The highest BCUT2D eigenvalue weighted by molar-refractivity contribution is 7.71. The van der Waals surface area contributed by atoms with E-state index in [0.717, 1.165) is 24.0 Å². The van der Waals surface area contributed by atoms with Crippen LogP contribution in [0.3, 0.4) is 0 Å². The van der Waals surface area contributed by atoms with Crippen LogP contribution in [0.2, 0.25) is 0 Å². The third-order valence-electron chi connectivity index (χ3n) is 4.92. The van der Waals surface area contributed by atoms with Gasteiger partial charge in [0.25, 0.3) is 0 Å². The van der Waals surface area contributed by atoms with E-state index in [4.69, 9.17) is 31.2 Å². The third-order valence-corrected chi connectivity index (χ3v) is 5.19. The molecule has 0 saturated carbocycles. The van der Waals surface area contributed by atoms with Crippen LogP contribution in [-0.2, 0) is 11.3 Å². The predicted molar refractivity (Wildman–Crippen MR) is 119 cm³/mol. The van der Waals surface area contributed by atoms with Crippen LogP contribution in [0, 0.1) is 4.77 Å². The number of methoxy groups -OCH3 is 2. The van der Waals surface area contributed by atoms with E-state index in [-0.39, 0.29) is 6.10 Å². The highest BCUT2D eigenvalue weighted by Gasteiger charge is 2.23. The Balaban J connectivity index is 1.60. The van der Waals surface area contributed by atoms with Crippen molar-refractivity contribution >= 4 is 18.4 Å². The summed E-state index contributed by atoms with van der Waals surface area (Å²) in [5.74, 6) is 2.30. The number of nitrogens with one attached hydrogen (secondary N) is 1. The first-order chi connectivity index (χ1) is 15.2. The van der Waals surface area contributed by atoms with Crippen molar-refractivity contribution in [2.24, 2.45) is 5.10 Å². The molecule has 2 aromatic carbocycles. The molecule has 2 heterocycles. The van der Waals surface area contributed by atoms with E-state index < -0.39 is 0 Å². The molecular formula is C22H24N4O4S. The van der Waals surface area contributed by atoms with Gasteiger partial charge in [0, 0.05) is 12.2 Å². The molecule has 1 unspecified atom stereocenters. The minimum absolute atomic E-state index is 0.108. The van der Waals surface area contributed by atoms with Crippen molar-refractivity contribution in [1.82, 2.24) is 14.9 Å². The summed E-state index contributed by atoms with van der Waals surface area (Å²) in [5.41, 5.74) is 1.82. The smallest absolute Gasteiger partial charge is 0.216 e. The van der Waals surface area contributed by atoms with Crippen molar-refractivity contribution in [3.63, 3.8) is 0 Å². The minimum Gasteiger partial charge on any atom is -0.493 e. The summed E-state index contributed by atoms with van der Waals surface area (Å²) in [6.45, 7) is 1.11. The molecule has 1 N–H and O–H groups in total. The summed E-state index contributed by atoms with van der Waals surface area (Å²) < 4.78 is 24.8. The SMILES string of the molecule is COc1cc(/C=N\n2c(C3CCCO3)n[nH]c2=S)cc(OC)c1OCc1ccccc1. The van der Waals surface area contributed by atoms with Gasteiger partial charge in [-0.1, -0.05) is 30.3 Å². The summed E-state index contributed by atoms with van der Waals surface area (Å²) in [4.78, 5) is 0. The first-order valence-electron chi connectivity index (χ1n) is 9.95. The van der Waals surface area contributed by atoms with Gasteiger partial charge >= 0.3 is 0 Å². The molecule has 1 aliphatic heterocycles. The maximum atomic E-state index is 6.00. The fraction of sp³-hybridized carbons (Fsp3) is 0.318. The summed E-state index contributed by atoms with van der Waals surface area (Å²) in [6.07, 6.45) is 3.45. The number of benzene rings is 2. The predicted octanol–water partition coefficient (Wildman–Crippen LogP) is 4.27. The van der Waals surface area contributed by atoms with Crippen molar-refractivity contribution in [3.05, 3.63) is 64.2 Å². The van der Waals surface area contributed by atoms with Crippen LogP contribution in [0.1, 0.15) is 35.9 Å². The van der Waals surface area contributed by atoms with E-state index in [1.165, 1.54) is 0 Å². The molecule has 8 nitrogen and oxygen atoms in total. The first-order valence-corrected chi connectivity index (χ1v) is 10.4. The van der Waals surface area contributed by atoms with Crippen LogP contribution in [-0.4, -0.2) is 41.9 Å². The maximum Gasteiger partial charge on any atom is 0.216 e. The van der Waals surface area contributed by atoms with Crippen LogP contribution < -0.4 is 14.2 Å². The van der Waals surface area contributed by atoms with E-state index in [2.05, 4.69) is 15.3 Å². The molecule has 1 aromatic heterocycles. The van der Waals surface area contributed by atoms with Gasteiger partial charge in [0.15, 0.2) is 17.3 Å². The van der Waals surface area contributed by atoms with Crippen LogP contribution in [0.25, 0.3) is 0 Å². The van der Waals surface area contributed by atoms with Crippen LogP contribution >= 0.6 is 12.2 Å². The molecule has 0 amide bonds. The molecule has 3 aromatic rings. The Bertz CT molecular complexity index is 1080. The van der Waals surface area contributed by atoms with E-state index in [0.29, 0.717) is 41.1 Å². The van der Waals surface area contributed by atoms with Crippen molar-refractivity contribution < 1.29 is 18.9 Å². The second-order valence-corrected chi connectivity index (χ2v) is 7.36. The Morgan fingerprint density at radius 1 is 1.23 bits per heavy atom. The van der Waals surface area contributed by atoms with Gasteiger partial charge in [-0.05, 0) is 42.8 Å². The van der Waals surface area contributed by atoms with Gasteiger partial charge in [0.1, 0.15) is 12.7 Å². The molecule has 9 heteroatoms. The van der Waals surface area contributed by atoms with E-state index in [1.54, 1.807) is 25.1 Å². The number of rotatable bonds is 8. The summed E-state index contributed by atoms with van der Waals surface area (Å²) in [6, 6.07) is 13.6. The highest BCUT2D eigenvalue weighted by atomic mass is 32.1. The quantitative estimate of drug-likeness (QED) is 0.416. The Hall–Kier alpha value is -3.17. The summed E-state index contributed by atoms with van der Waals surface area (Å²) >= 11 is 5.33. The molecule has 0 aliphatic carbocycles. The average Bonchev–Trinajstić information content (AvgIpc) is 3.46. The molecule has 1 saturated heterocycles. The second kappa shape index (κ2) is 9.76. The van der Waals surface area contributed by atoms with Crippen molar-refractivity contribution in [3.8, 4) is 17.2 Å². The van der Waals surface area contributed by atoms with Gasteiger partial charge in [-0.3, -0.25) is 5.10 Å². The number of aromatic nitrogens is 3. The van der Waals surface area contributed by atoms with Crippen molar-refractivity contribution in [2.75, 3.05) is 20.8 Å². The second-order valence-electron chi connectivity index (χ2n) is 6.97. The van der Waals surface area contributed by atoms with Gasteiger partial charge in [0.05, 0.1) is 20.4 Å². The summed E-state index contributed by atoms with van der Waals surface area (Å²) in [7, 11) is 3.18. The zero-order chi connectivity index (χ0) is 21.6. The average molecular weight is 441 g/mol. The van der Waals surface area contributed by atoms with Crippen molar-refractivity contribution in [2.45, 2.75) is 25.6 Å². The molecular weight excluding hydrogens is 416 g/mol. The number of aromatic amines is 1. The lowest BCUT2D eigenvalue weighted by molar-refractivity contribution is 0.102. The van der Waals surface area contributed by atoms with Gasteiger partial charge in [-0.25, -0.2) is 0 Å². The van der Waals surface area contributed by atoms with Crippen LogP contribution in [0.5, 0.6) is 17.2 Å². The summed E-state index contributed by atoms with van der Waals surface area (Å²) in [5, 5.41) is 11.6. The van der Waals surface area contributed by atoms with Gasteiger partial charge in [-0.2, -0.15) is 14.9 Å². The van der Waals surface area contributed by atoms with Gasteiger partial charge < -0.3 is 18.9 Å². The molecule has 1 aliphatic rings.